The Labute approximate surface area is 449 Å². The van der Waals surface area contributed by atoms with Gasteiger partial charge in [0.1, 0.15) is 13.2 Å². The number of likely N-dealkylation sites (N-methyl/N-ethyl adjacent to an activating group) is 1. The van der Waals surface area contributed by atoms with Crippen LogP contribution in [0, 0.1) is 0 Å². The molecule has 0 aliphatic rings. The van der Waals surface area contributed by atoms with Crippen molar-refractivity contribution < 1.29 is 32.9 Å². The zero-order valence-electron chi connectivity index (χ0n) is 48.9. The summed E-state index contributed by atoms with van der Waals surface area (Å²) in [6.07, 6.45) is 69.7. The highest BCUT2D eigenvalue weighted by molar-refractivity contribution is 7.47. The van der Waals surface area contributed by atoms with Crippen LogP contribution in [0.5, 0.6) is 0 Å². The van der Waals surface area contributed by atoms with Crippen LogP contribution in [-0.4, -0.2) is 73.4 Å². The number of amides is 1. The van der Waals surface area contributed by atoms with E-state index in [2.05, 4.69) is 43.5 Å². The summed E-state index contributed by atoms with van der Waals surface area (Å²) in [7, 11) is 1.63. The van der Waals surface area contributed by atoms with Gasteiger partial charge < -0.3 is 19.8 Å². The largest absolute Gasteiger partial charge is 0.472 e. The molecule has 0 saturated heterocycles. The number of carbonyl (C=O) groups is 1. The summed E-state index contributed by atoms with van der Waals surface area (Å²) < 4.78 is 23.8. The molecule has 0 spiro atoms. The van der Waals surface area contributed by atoms with Crippen LogP contribution < -0.4 is 5.32 Å². The van der Waals surface area contributed by atoms with Crippen LogP contribution in [0.4, 0.5) is 0 Å². The molecular formula is C63H126N2O6P+. The van der Waals surface area contributed by atoms with E-state index in [-0.39, 0.29) is 19.1 Å². The number of hydrogen-bond acceptors (Lipinski definition) is 5. The number of aliphatic hydroxyl groups excluding tert-OH is 1. The van der Waals surface area contributed by atoms with Crippen LogP contribution in [0.2, 0.25) is 0 Å². The van der Waals surface area contributed by atoms with Crippen LogP contribution in [0.15, 0.2) is 24.3 Å². The van der Waals surface area contributed by atoms with Crippen molar-refractivity contribution in [1.29, 1.82) is 0 Å². The third-order valence-corrected chi connectivity index (χ3v) is 15.7. The second kappa shape index (κ2) is 54.8. The Morgan fingerprint density at radius 3 is 1.14 bits per heavy atom. The Hall–Kier alpha value is -1.02. The van der Waals surface area contributed by atoms with Gasteiger partial charge in [-0.05, 0) is 44.9 Å². The minimum atomic E-state index is -4.32. The number of aliphatic hydroxyl groups is 1. The number of nitrogens with zero attached hydrogens (tertiary/aromatic N) is 1. The van der Waals surface area contributed by atoms with E-state index in [9.17, 15) is 19.4 Å². The summed E-state index contributed by atoms with van der Waals surface area (Å²) in [5, 5.41) is 14.1. The zero-order valence-corrected chi connectivity index (χ0v) is 49.8. The normalized spacial score (nSPS) is 13.9. The maximum atomic E-state index is 13.0. The monoisotopic (exact) mass is 1040 g/mol. The molecule has 3 unspecified atom stereocenters. The topological polar surface area (TPSA) is 105 Å². The Morgan fingerprint density at radius 2 is 0.792 bits per heavy atom. The first-order valence-corrected chi connectivity index (χ1v) is 33.2. The highest BCUT2D eigenvalue weighted by atomic mass is 31.2. The number of phosphoric ester groups is 1. The maximum Gasteiger partial charge on any atom is 0.472 e. The van der Waals surface area contributed by atoms with Crippen molar-refractivity contribution in [2.24, 2.45) is 0 Å². The fourth-order valence-electron chi connectivity index (χ4n) is 9.73. The lowest BCUT2D eigenvalue weighted by Crippen LogP contribution is -2.46. The molecule has 0 aliphatic heterocycles. The molecule has 8 nitrogen and oxygen atoms in total. The van der Waals surface area contributed by atoms with Gasteiger partial charge in [0.15, 0.2) is 0 Å². The van der Waals surface area contributed by atoms with Gasteiger partial charge in [-0.15, -0.1) is 0 Å². The molecule has 3 N–H and O–H groups in total. The molecule has 0 fully saturated rings. The molecule has 0 heterocycles. The number of rotatable bonds is 59. The molecule has 0 aromatic heterocycles. The Kier molecular flexibility index (Phi) is 54.0. The van der Waals surface area contributed by atoms with E-state index in [0.29, 0.717) is 23.9 Å². The van der Waals surface area contributed by atoms with E-state index in [1.807, 2.05) is 21.1 Å². The lowest BCUT2D eigenvalue weighted by molar-refractivity contribution is -0.870. The van der Waals surface area contributed by atoms with Gasteiger partial charge in [0.25, 0.3) is 0 Å². The lowest BCUT2D eigenvalue weighted by atomic mass is 10.0. The predicted octanol–water partition coefficient (Wildman–Crippen LogP) is 19.5. The number of quaternary nitrogens is 1. The van der Waals surface area contributed by atoms with Crippen molar-refractivity contribution in [2.75, 3.05) is 40.9 Å². The van der Waals surface area contributed by atoms with Gasteiger partial charge in [-0.25, -0.2) is 4.57 Å². The van der Waals surface area contributed by atoms with Gasteiger partial charge in [-0.1, -0.05) is 295 Å². The Morgan fingerprint density at radius 1 is 0.472 bits per heavy atom. The molecule has 3 atom stereocenters. The first-order chi connectivity index (χ1) is 35.0. The minimum absolute atomic E-state index is 0.0767. The van der Waals surface area contributed by atoms with E-state index >= 15 is 0 Å². The van der Waals surface area contributed by atoms with Gasteiger partial charge in [-0.3, -0.25) is 13.8 Å². The fourth-order valence-corrected chi connectivity index (χ4v) is 10.5. The molecular weight excluding hydrogens is 912 g/mol. The molecule has 0 rings (SSSR count). The van der Waals surface area contributed by atoms with E-state index in [4.69, 9.17) is 9.05 Å². The summed E-state index contributed by atoms with van der Waals surface area (Å²) >= 11 is 0. The maximum absolute atomic E-state index is 13.0. The number of unbranched alkanes of at least 4 members (excludes halogenated alkanes) is 42. The van der Waals surface area contributed by atoms with Crippen molar-refractivity contribution in [3.05, 3.63) is 24.3 Å². The molecule has 1 amide bonds. The van der Waals surface area contributed by atoms with E-state index in [0.717, 1.165) is 44.9 Å². The van der Waals surface area contributed by atoms with Crippen molar-refractivity contribution >= 4 is 13.7 Å². The molecule has 0 aromatic rings. The summed E-state index contributed by atoms with van der Waals surface area (Å²) in [4.78, 5) is 23.4. The molecule has 0 aliphatic carbocycles. The summed E-state index contributed by atoms with van der Waals surface area (Å²) in [6, 6.07) is -0.759. The molecule has 0 bridgehead atoms. The third kappa shape index (κ3) is 56.7. The second-order valence-corrected chi connectivity index (χ2v) is 24.6. The molecule has 0 saturated carbocycles. The fraction of sp³-hybridized carbons (Fsp3) is 0.921. The van der Waals surface area contributed by atoms with Crippen LogP contribution in [0.25, 0.3) is 0 Å². The Bertz CT molecular complexity index is 1220. The van der Waals surface area contributed by atoms with Crippen molar-refractivity contribution in [1.82, 2.24) is 5.32 Å². The number of allylic oxidation sites excluding steroid dienone is 4. The van der Waals surface area contributed by atoms with Gasteiger partial charge in [0.2, 0.25) is 5.91 Å². The molecule has 428 valence electrons. The van der Waals surface area contributed by atoms with Crippen molar-refractivity contribution in [3.63, 3.8) is 0 Å². The van der Waals surface area contributed by atoms with Crippen molar-refractivity contribution in [3.8, 4) is 0 Å². The Balaban J connectivity index is 4.04. The standard InChI is InChI=1S/C63H125N2O6P/c1-6-8-10-12-14-16-18-20-22-24-26-27-28-29-30-31-32-33-34-35-36-37-39-41-43-45-47-49-51-53-55-57-63(67)64-61(60-71-72(68,69)70-59-58-65(3,4)5)62(66)56-54-52-50-48-46-44-42-40-38-25-23-21-19-17-15-13-11-9-7-2/h26-27,29-30,61-62,66H,6-25,28,31-60H2,1-5H3,(H-,64,67,68,69)/p+1/b27-26-,30-29-. The molecule has 0 radical (unpaired) electrons. The van der Waals surface area contributed by atoms with Crippen LogP contribution in [-0.2, 0) is 18.4 Å². The first kappa shape index (κ1) is 71.0. The number of nitrogens with one attached hydrogen (secondary N) is 1. The SMILES string of the molecule is CCCCCCCCCCC/C=C\C/C=C\CCCCCCCCCCCCCCCCCC(=O)NC(COP(=O)(O)OCC[N+](C)(C)C)C(O)CCCCCCCCCCCCCCCCCCCCC. The third-order valence-electron chi connectivity index (χ3n) is 14.7. The summed E-state index contributed by atoms with van der Waals surface area (Å²) in [5.74, 6) is -0.139. The van der Waals surface area contributed by atoms with E-state index in [1.54, 1.807) is 0 Å². The van der Waals surface area contributed by atoms with Crippen LogP contribution in [0.3, 0.4) is 0 Å². The van der Waals surface area contributed by atoms with Crippen LogP contribution in [0.1, 0.15) is 322 Å². The number of carbonyl (C=O) groups excluding carboxylic acids is 1. The predicted molar refractivity (Wildman–Crippen MR) is 314 cm³/mol. The van der Waals surface area contributed by atoms with Gasteiger partial charge in [0, 0.05) is 6.42 Å². The highest BCUT2D eigenvalue weighted by Gasteiger charge is 2.28. The van der Waals surface area contributed by atoms with Gasteiger partial charge >= 0.3 is 7.82 Å². The minimum Gasteiger partial charge on any atom is -0.391 e. The molecule has 0 aromatic carbocycles. The quantitative estimate of drug-likeness (QED) is 0.0243. The average Bonchev–Trinajstić information content (AvgIpc) is 3.34. The van der Waals surface area contributed by atoms with Crippen LogP contribution >= 0.6 is 7.82 Å². The van der Waals surface area contributed by atoms with E-state index < -0.39 is 20.0 Å². The lowest BCUT2D eigenvalue weighted by Gasteiger charge is -2.26. The number of hydrogen-bond donors (Lipinski definition) is 3. The van der Waals surface area contributed by atoms with Crippen molar-refractivity contribution in [2.45, 2.75) is 334 Å². The van der Waals surface area contributed by atoms with Gasteiger partial charge in [0.05, 0.1) is 39.9 Å². The molecule has 9 heteroatoms. The smallest absolute Gasteiger partial charge is 0.391 e. The number of phosphoric acid groups is 1. The average molecular weight is 1040 g/mol. The van der Waals surface area contributed by atoms with Gasteiger partial charge in [-0.2, -0.15) is 0 Å². The summed E-state index contributed by atoms with van der Waals surface area (Å²) in [6.45, 7) is 4.94. The zero-order chi connectivity index (χ0) is 52.7. The second-order valence-electron chi connectivity index (χ2n) is 23.1. The molecule has 72 heavy (non-hydrogen) atoms. The highest BCUT2D eigenvalue weighted by Crippen LogP contribution is 2.43. The summed E-state index contributed by atoms with van der Waals surface area (Å²) in [5.41, 5.74) is 0. The van der Waals surface area contributed by atoms with E-state index in [1.165, 1.54) is 250 Å². The first-order valence-electron chi connectivity index (χ1n) is 31.7.